The number of nitro benzene ring substituents is 1. The molecule has 1 aromatic heterocycles. The second kappa shape index (κ2) is 4.52. The number of aromatic nitrogens is 2. The first-order valence-electron chi connectivity index (χ1n) is 4.80. The molecular formula is C10H9ClN4O2. The number of rotatable bonds is 3. The Hall–Kier alpha value is -1.92. The molecule has 1 heterocycles. The van der Waals surface area contributed by atoms with Crippen LogP contribution < -0.4 is 5.73 Å². The SMILES string of the molecule is NCc1ccn(-c2ccc([N+](=O)[O-])c(Cl)c2)n1. The Labute approximate surface area is 102 Å². The Morgan fingerprint density at radius 3 is 2.76 bits per heavy atom. The van der Waals surface area contributed by atoms with E-state index in [0.717, 1.165) is 5.69 Å². The topological polar surface area (TPSA) is 87.0 Å². The highest BCUT2D eigenvalue weighted by Crippen LogP contribution is 2.26. The Morgan fingerprint density at radius 1 is 1.47 bits per heavy atom. The van der Waals surface area contributed by atoms with Gasteiger partial charge in [-0.15, -0.1) is 0 Å². The maximum atomic E-state index is 10.6. The molecule has 0 aliphatic carbocycles. The first-order valence-corrected chi connectivity index (χ1v) is 5.18. The van der Waals surface area contributed by atoms with E-state index >= 15 is 0 Å². The maximum Gasteiger partial charge on any atom is 0.288 e. The van der Waals surface area contributed by atoms with Crippen LogP contribution in [0.5, 0.6) is 0 Å². The highest BCUT2D eigenvalue weighted by Gasteiger charge is 2.12. The number of hydrogen-bond acceptors (Lipinski definition) is 4. The number of nitrogens with two attached hydrogens (primary N) is 1. The molecule has 0 atom stereocenters. The highest BCUT2D eigenvalue weighted by atomic mass is 35.5. The third-order valence-electron chi connectivity index (χ3n) is 2.25. The third-order valence-corrected chi connectivity index (χ3v) is 2.55. The molecule has 0 aliphatic rings. The van der Waals surface area contributed by atoms with Gasteiger partial charge in [0, 0.05) is 18.8 Å². The average molecular weight is 253 g/mol. The number of nitro groups is 1. The molecule has 6 nitrogen and oxygen atoms in total. The molecule has 88 valence electrons. The van der Waals surface area contributed by atoms with Crippen LogP contribution in [0.3, 0.4) is 0 Å². The van der Waals surface area contributed by atoms with Crippen molar-refractivity contribution in [2.75, 3.05) is 0 Å². The average Bonchev–Trinajstić information content (AvgIpc) is 2.76. The summed E-state index contributed by atoms with van der Waals surface area (Å²) < 4.78 is 1.57. The highest BCUT2D eigenvalue weighted by molar-refractivity contribution is 6.32. The van der Waals surface area contributed by atoms with Crippen LogP contribution in [-0.2, 0) is 6.54 Å². The van der Waals surface area contributed by atoms with Gasteiger partial charge in [-0.1, -0.05) is 11.6 Å². The zero-order valence-electron chi connectivity index (χ0n) is 8.71. The van der Waals surface area contributed by atoms with Gasteiger partial charge in [0.1, 0.15) is 5.02 Å². The molecule has 0 radical (unpaired) electrons. The van der Waals surface area contributed by atoms with Crippen LogP contribution in [0.1, 0.15) is 5.69 Å². The van der Waals surface area contributed by atoms with Crippen LogP contribution in [0.15, 0.2) is 30.5 Å². The summed E-state index contributed by atoms with van der Waals surface area (Å²) in [6, 6.07) is 6.20. The summed E-state index contributed by atoms with van der Waals surface area (Å²) in [6.07, 6.45) is 1.72. The Bertz CT molecular complexity index is 567. The molecule has 7 heteroatoms. The van der Waals surface area contributed by atoms with E-state index in [1.165, 1.54) is 12.1 Å². The van der Waals surface area contributed by atoms with Crippen LogP contribution in [-0.4, -0.2) is 14.7 Å². The van der Waals surface area contributed by atoms with Gasteiger partial charge in [-0.2, -0.15) is 5.10 Å². The first kappa shape index (κ1) is 11.6. The van der Waals surface area contributed by atoms with Crippen molar-refractivity contribution in [2.24, 2.45) is 5.73 Å². The minimum atomic E-state index is -0.527. The lowest BCUT2D eigenvalue weighted by Gasteiger charge is -2.02. The van der Waals surface area contributed by atoms with E-state index in [1.807, 2.05) is 0 Å². The minimum Gasteiger partial charge on any atom is -0.325 e. The van der Waals surface area contributed by atoms with E-state index in [9.17, 15) is 10.1 Å². The van der Waals surface area contributed by atoms with Crippen LogP contribution in [0.4, 0.5) is 5.69 Å². The standard InChI is InChI=1S/C10H9ClN4O2/c11-9-5-8(1-2-10(9)15(16)17)14-4-3-7(6-12)13-14/h1-5H,6,12H2. The van der Waals surface area contributed by atoms with Crippen molar-refractivity contribution in [3.8, 4) is 5.69 Å². The molecule has 17 heavy (non-hydrogen) atoms. The maximum absolute atomic E-state index is 10.6. The van der Waals surface area contributed by atoms with Crippen LogP contribution in [0.25, 0.3) is 5.69 Å². The first-order chi connectivity index (χ1) is 8.11. The molecule has 2 aromatic rings. The minimum absolute atomic E-state index is 0.0808. The molecule has 2 rings (SSSR count). The van der Waals surface area contributed by atoms with Gasteiger partial charge in [0.05, 0.1) is 16.3 Å². The second-order valence-electron chi connectivity index (χ2n) is 3.35. The normalized spacial score (nSPS) is 10.5. The molecule has 0 saturated heterocycles. The van der Waals surface area contributed by atoms with E-state index in [1.54, 1.807) is 23.0 Å². The van der Waals surface area contributed by atoms with Crippen LogP contribution >= 0.6 is 11.6 Å². The van der Waals surface area contributed by atoms with Crippen molar-refractivity contribution in [1.29, 1.82) is 0 Å². The van der Waals surface area contributed by atoms with Crippen LogP contribution in [0.2, 0.25) is 5.02 Å². The van der Waals surface area contributed by atoms with E-state index in [4.69, 9.17) is 17.3 Å². The molecule has 2 N–H and O–H groups in total. The largest absolute Gasteiger partial charge is 0.325 e. The summed E-state index contributed by atoms with van der Waals surface area (Å²) >= 11 is 5.81. The molecule has 0 aliphatic heterocycles. The predicted molar refractivity (Wildman–Crippen MR) is 63.1 cm³/mol. The van der Waals surface area contributed by atoms with Crippen LogP contribution in [0, 0.1) is 10.1 Å². The van der Waals surface area contributed by atoms with Gasteiger partial charge in [0.2, 0.25) is 0 Å². The van der Waals surface area contributed by atoms with E-state index in [0.29, 0.717) is 12.2 Å². The number of nitrogens with zero attached hydrogens (tertiary/aromatic N) is 3. The Balaban J connectivity index is 2.40. The lowest BCUT2D eigenvalue weighted by atomic mass is 10.3. The van der Waals surface area contributed by atoms with Gasteiger partial charge >= 0.3 is 0 Å². The van der Waals surface area contributed by atoms with Crippen molar-refractivity contribution in [3.63, 3.8) is 0 Å². The van der Waals surface area contributed by atoms with E-state index < -0.39 is 4.92 Å². The van der Waals surface area contributed by atoms with Crippen molar-refractivity contribution in [3.05, 3.63) is 51.3 Å². The van der Waals surface area contributed by atoms with Crippen molar-refractivity contribution < 1.29 is 4.92 Å². The fourth-order valence-electron chi connectivity index (χ4n) is 1.40. The van der Waals surface area contributed by atoms with Gasteiger partial charge in [-0.25, -0.2) is 4.68 Å². The molecule has 0 amide bonds. The summed E-state index contributed by atoms with van der Waals surface area (Å²) in [4.78, 5) is 10.1. The molecule has 0 fully saturated rings. The van der Waals surface area contributed by atoms with Crippen molar-refractivity contribution in [2.45, 2.75) is 6.54 Å². The molecular weight excluding hydrogens is 244 g/mol. The van der Waals surface area contributed by atoms with Gasteiger partial charge in [0.25, 0.3) is 5.69 Å². The Morgan fingerprint density at radius 2 is 2.24 bits per heavy atom. The molecule has 1 aromatic carbocycles. The zero-order chi connectivity index (χ0) is 12.4. The van der Waals surface area contributed by atoms with Gasteiger partial charge in [-0.05, 0) is 18.2 Å². The summed E-state index contributed by atoms with van der Waals surface area (Å²) in [5.74, 6) is 0. The molecule has 0 spiro atoms. The summed E-state index contributed by atoms with van der Waals surface area (Å²) in [7, 11) is 0. The summed E-state index contributed by atoms with van der Waals surface area (Å²) in [6.45, 7) is 0.341. The number of halogens is 1. The quantitative estimate of drug-likeness (QED) is 0.667. The Kier molecular flexibility index (Phi) is 3.08. The number of benzene rings is 1. The summed E-state index contributed by atoms with van der Waals surface area (Å²) in [5, 5.41) is 14.9. The fraction of sp³-hybridized carbons (Fsp3) is 0.100. The summed E-state index contributed by atoms with van der Waals surface area (Å²) in [5.41, 5.74) is 6.71. The van der Waals surface area contributed by atoms with Gasteiger partial charge in [-0.3, -0.25) is 10.1 Å². The van der Waals surface area contributed by atoms with Gasteiger partial charge < -0.3 is 5.73 Å². The van der Waals surface area contributed by atoms with E-state index in [2.05, 4.69) is 5.10 Å². The lowest BCUT2D eigenvalue weighted by molar-refractivity contribution is -0.384. The fourth-order valence-corrected chi connectivity index (χ4v) is 1.64. The van der Waals surface area contributed by atoms with Gasteiger partial charge in [0.15, 0.2) is 0 Å². The molecule has 0 bridgehead atoms. The zero-order valence-corrected chi connectivity index (χ0v) is 9.46. The number of hydrogen-bond donors (Lipinski definition) is 1. The molecule has 0 unspecified atom stereocenters. The third kappa shape index (κ3) is 2.27. The smallest absolute Gasteiger partial charge is 0.288 e. The molecule has 0 saturated carbocycles. The lowest BCUT2D eigenvalue weighted by Crippen LogP contribution is -2.00. The predicted octanol–water partition coefficient (Wildman–Crippen LogP) is 1.89. The monoisotopic (exact) mass is 252 g/mol. The van der Waals surface area contributed by atoms with Crippen molar-refractivity contribution >= 4 is 17.3 Å². The second-order valence-corrected chi connectivity index (χ2v) is 3.76. The van der Waals surface area contributed by atoms with E-state index in [-0.39, 0.29) is 10.7 Å². The van der Waals surface area contributed by atoms with Crippen molar-refractivity contribution in [1.82, 2.24) is 9.78 Å².